The molecule has 1 aliphatic heterocycles. The van der Waals surface area contributed by atoms with E-state index in [9.17, 15) is 18.1 Å². The maximum Gasteiger partial charge on any atom is 0.495 e. The first-order valence-electron chi connectivity index (χ1n) is 9.78. The maximum absolute atomic E-state index is 14.3. The van der Waals surface area contributed by atoms with Crippen LogP contribution in [0, 0.1) is 11.6 Å². The minimum absolute atomic E-state index is 0.199. The van der Waals surface area contributed by atoms with E-state index in [1.807, 2.05) is 34.6 Å². The number of ketones is 1. The molecule has 1 unspecified atom stereocenters. The molecule has 1 heterocycles. The van der Waals surface area contributed by atoms with Crippen molar-refractivity contribution in [2.24, 2.45) is 0 Å². The summed E-state index contributed by atoms with van der Waals surface area (Å²) in [6.45, 7) is 9.41. The number of rotatable bonds is 6. The first-order valence-corrected chi connectivity index (χ1v) is 11.3. The molecule has 3 rings (SSSR count). The van der Waals surface area contributed by atoms with Crippen molar-refractivity contribution in [1.82, 2.24) is 0 Å². The molecule has 2 aromatic rings. The molecule has 1 aliphatic rings. The second-order valence-corrected chi connectivity index (χ2v) is 10.1. The lowest BCUT2D eigenvalue weighted by Crippen LogP contribution is -2.41. The average molecular weight is 434 g/mol. The van der Waals surface area contributed by atoms with Gasteiger partial charge in [-0.3, -0.25) is 4.79 Å². The summed E-state index contributed by atoms with van der Waals surface area (Å²) in [6.07, 6.45) is 0. The fourth-order valence-corrected chi connectivity index (χ4v) is 3.94. The average Bonchev–Trinajstić information content (AvgIpc) is 2.88. The molecule has 1 saturated heterocycles. The van der Waals surface area contributed by atoms with Crippen molar-refractivity contribution in [3.05, 3.63) is 64.7 Å². The van der Waals surface area contributed by atoms with Crippen LogP contribution < -0.4 is 5.46 Å². The monoisotopic (exact) mass is 434 g/mol. The third-order valence-electron chi connectivity index (χ3n) is 5.69. The van der Waals surface area contributed by atoms with Gasteiger partial charge in [0.1, 0.15) is 23.1 Å². The molecule has 0 saturated carbocycles. The van der Waals surface area contributed by atoms with Crippen LogP contribution in [0.4, 0.5) is 8.78 Å². The van der Waals surface area contributed by atoms with E-state index in [1.165, 1.54) is 0 Å². The summed E-state index contributed by atoms with van der Waals surface area (Å²) < 4.78 is 51.8. The summed E-state index contributed by atoms with van der Waals surface area (Å²) in [5, 5.41) is 0. The summed E-state index contributed by atoms with van der Waals surface area (Å²) in [5.41, 5.74) is -0.115. The lowest BCUT2D eigenvalue weighted by atomic mass is 9.73. The van der Waals surface area contributed by atoms with Crippen molar-refractivity contribution < 1.29 is 27.4 Å². The van der Waals surface area contributed by atoms with E-state index in [4.69, 9.17) is 9.31 Å². The van der Waals surface area contributed by atoms with Crippen LogP contribution in [0.5, 0.6) is 0 Å². The molecule has 160 valence electrons. The third-order valence-corrected chi connectivity index (χ3v) is 6.99. The normalized spacial score (nSPS) is 18.5. The Hall–Kier alpha value is -1.74. The molecule has 0 amide bonds. The first kappa shape index (κ1) is 22.9. The lowest BCUT2D eigenvalue weighted by Gasteiger charge is -2.32. The molecule has 0 N–H and O–H groups in total. The molecular weight excluding hydrogens is 409 g/mol. The highest BCUT2D eigenvalue weighted by Gasteiger charge is 2.52. The van der Waals surface area contributed by atoms with Crippen LogP contribution in [0.15, 0.2) is 36.4 Å². The summed E-state index contributed by atoms with van der Waals surface area (Å²) >= 11 is -1.05. The molecule has 0 aromatic heterocycles. The summed E-state index contributed by atoms with van der Waals surface area (Å²) in [6, 6.07) is 7.83. The smallest absolute Gasteiger partial charge is 0.495 e. The third kappa shape index (κ3) is 4.47. The number of benzene rings is 2. The van der Waals surface area contributed by atoms with Gasteiger partial charge in [-0.05, 0) is 63.4 Å². The number of carbonyl (C=O) groups is 1. The van der Waals surface area contributed by atoms with Gasteiger partial charge in [-0.2, -0.15) is 0 Å². The zero-order valence-electron chi connectivity index (χ0n) is 17.8. The van der Waals surface area contributed by atoms with Crippen molar-refractivity contribution in [3.8, 4) is 0 Å². The number of carbonyl (C=O) groups excluding carboxylic acids is 1. The van der Waals surface area contributed by atoms with Gasteiger partial charge in [0.2, 0.25) is 0 Å². The van der Waals surface area contributed by atoms with Gasteiger partial charge >= 0.3 is 7.12 Å². The van der Waals surface area contributed by atoms with Crippen molar-refractivity contribution in [2.45, 2.75) is 51.6 Å². The topological polar surface area (TPSA) is 58.6 Å². The molecule has 2 aromatic carbocycles. The zero-order chi connectivity index (χ0) is 22.3. The van der Waals surface area contributed by atoms with E-state index in [1.54, 1.807) is 18.2 Å². The van der Waals surface area contributed by atoms with Gasteiger partial charge in [-0.1, -0.05) is 18.2 Å². The second-order valence-electron chi connectivity index (χ2n) is 8.34. The maximum atomic E-state index is 14.3. The predicted molar refractivity (Wildman–Crippen MR) is 114 cm³/mol. The number of hydrogen-bond acceptors (Lipinski definition) is 4. The van der Waals surface area contributed by atoms with E-state index in [0.29, 0.717) is 23.0 Å². The molecule has 4 nitrogen and oxygen atoms in total. The molecule has 1 fully saturated rings. The Morgan fingerprint density at radius 3 is 2.20 bits per heavy atom. The van der Waals surface area contributed by atoms with E-state index in [0.717, 1.165) is 17.7 Å². The highest BCUT2D eigenvalue weighted by molar-refractivity contribution is 7.90. The highest BCUT2D eigenvalue weighted by atomic mass is 32.2. The van der Waals surface area contributed by atoms with Gasteiger partial charge in [0.25, 0.3) is 0 Å². The van der Waals surface area contributed by atoms with Crippen LogP contribution in [0.1, 0.15) is 56.1 Å². The van der Waals surface area contributed by atoms with Gasteiger partial charge in [-0.15, -0.1) is 0 Å². The Kier molecular flexibility index (Phi) is 6.44. The minimum Gasteiger partial charge on any atom is -0.616 e. The Bertz CT molecular complexity index is 948. The van der Waals surface area contributed by atoms with E-state index >= 15 is 0 Å². The molecule has 30 heavy (non-hydrogen) atoms. The zero-order valence-corrected chi connectivity index (χ0v) is 18.6. The standard InChI is InChI=1S/C22H25BF2O4S/c1-6-30(27)13-14-7-9-16(20(26)17-10-8-15(24)12-19(17)25)18(11-14)23-28-21(2,3)22(4,5)29-23/h7-12H,6,13H2,1-5H3. The highest BCUT2D eigenvalue weighted by Crippen LogP contribution is 2.37. The predicted octanol–water partition coefficient (Wildman–Crippen LogP) is 3.76. The molecule has 0 aliphatic carbocycles. The Labute approximate surface area is 179 Å². The number of halogens is 2. The Morgan fingerprint density at radius 1 is 1.03 bits per heavy atom. The van der Waals surface area contributed by atoms with Crippen LogP contribution in [0.2, 0.25) is 0 Å². The van der Waals surface area contributed by atoms with Crippen molar-refractivity contribution >= 4 is 29.5 Å². The van der Waals surface area contributed by atoms with Gasteiger partial charge in [0.05, 0.1) is 16.8 Å². The second kappa shape index (κ2) is 8.42. The summed E-state index contributed by atoms with van der Waals surface area (Å²) in [4.78, 5) is 13.1. The van der Waals surface area contributed by atoms with Crippen LogP contribution in [0.25, 0.3) is 0 Å². The lowest BCUT2D eigenvalue weighted by molar-refractivity contribution is 0.00578. The molecule has 0 bridgehead atoms. The summed E-state index contributed by atoms with van der Waals surface area (Å²) in [5.74, 6) is -1.46. The van der Waals surface area contributed by atoms with Gasteiger partial charge in [0, 0.05) is 17.2 Å². The van der Waals surface area contributed by atoms with E-state index in [2.05, 4.69) is 0 Å². The fourth-order valence-electron chi connectivity index (χ4n) is 3.18. The van der Waals surface area contributed by atoms with Crippen molar-refractivity contribution in [3.63, 3.8) is 0 Å². The molecule has 0 spiro atoms. The van der Waals surface area contributed by atoms with Gasteiger partial charge in [-0.25, -0.2) is 8.78 Å². The van der Waals surface area contributed by atoms with Crippen LogP contribution >= 0.6 is 0 Å². The van der Waals surface area contributed by atoms with Gasteiger partial charge in [0.15, 0.2) is 5.78 Å². The van der Waals surface area contributed by atoms with E-state index in [-0.39, 0.29) is 11.1 Å². The van der Waals surface area contributed by atoms with Gasteiger partial charge < -0.3 is 13.9 Å². The molecular formula is C22H25BF2O4S. The Balaban J connectivity index is 2.07. The van der Waals surface area contributed by atoms with Crippen molar-refractivity contribution in [2.75, 3.05) is 5.75 Å². The quantitative estimate of drug-likeness (QED) is 0.395. The molecule has 0 radical (unpaired) electrons. The minimum atomic E-state index is -1.05. The number of hydrogen-bond donors (Lipinski definition) is 0. The van der Waals surface area contributed by atoms with Crippen LogP contribution in [0.3, 0.4) is 0 Å². The van der Waals surface area contributed by atoms with E-state index < -0.39 is 46.9 Å². The van der Waals surface area contributed by atoms with Crippen LogP contribution in [-0.4, -0.2) is 34.4 Å². The largest absolute Gasteiger partial charge is 0.616 e. The fraction of sp³-hybridized carbons (Fsp3) is 0.409. The first-order chi connectivity index (χ1) is 13.9. The van der Waals surface area contributed by atoms with Crippen LogP contribution in [-0.2, 0) is 26.2 Å². The Morgan fingerprint density at radius 2 is 1.63 bits per heavy atom. The molecule has 8 heteroatoms. The summed E-state index contributed by atoms with van der Waals surface area (Å²) in [7, 11) is -0.854. The SMILES string of the molecule is CC[S+]([O-])Cc1ccc(C(=O)c2ccc(F)cc2F)c(B2OC(C)(C)C(C)(C)O2)c1. The van der Waals surface area contributed by atoms with Crippen molar-refractivity contribution in [1.29, 1.82) is 0 Å². The molecule has 1 atom stereocenters.